The van der Waals surface area contributed by atoms with Crippen LogP contribution in [0.5, 0.6) is 0 Å². The van der Waals surface area contributed by atoms with Crippen molar-refractivity contribution in [2.45, 2.75) is 34.1 Å². The molecule has 0 aromatic heterocycles. The number of carbonyl (C=O) groups is 2. The first kappa shape index (κ1) is 14.9. The Morgan fingerprint density at radius 2 is 1.95 bits per heavy atom. The lowest BCUT2D eigenvalue weighted by Crippen LogP contribution is -2.37. The first-order chi connectivity index (χ1) is 9.18. The normalized spacial score (nSPS) is 23.0. The Morgan fingerprint density at radius 1 is 1.35 bits per heavy atom. The maximum absolute atomic E-state index is 12.7. The van der Waals surface area contributed by atoms with Crippen molar-refractivity contribution in [3.05, 3.63) is 22.7 Å². The van der Waals surface area contributed by atoms with Crippen LogP contribution in [0, 0.1) is 18.3 Å². The zero-order valence-corrected chi connectivity index (χ0v) is 12.9. The molecule has 108 valence electrons. The zero-order valence-electron chi connectivity index (χ0n) is 12.2. The van der Waals surface area contributed by atoms with Gasteiger partial charge in [-0.05, 0) is 37.5 Å². The number of nitrogens with zero attached hydrogens (tertiary/aromatic N) is 1. The summed E-state index contributed by atoms with van der Waals surface area (Å²) in [6.07, 6.45) is 0.227. The summed E-state index contributed by atoms with van der Waals surface area (Å²) in [6.45, 7) is 7.56. The predicted octanol–water partition coefficient (Wildman–Crippen LogP) is 3.16. The Bertz CT molecular complexity index is 598. The maximum atomic E-state index is 12.7. The fraction of sp³-hybridized carbons (Fsp3) is 0.467. The summed E-state index contributed by atoms with van der Waals surface area (Å²) in [6, 6.07) is 3.28. The molecule has 0 aliphatic carbocycles. The van der Waals surface area contributed by atoms with Gasteiger partial charge in [0.05, 0.1) is 21.8 Å². The second-order valence-electron chi connectivity index (χ2n) is 5.94. The van der Waals surface area contributed by atoms with Crippen molar-refractivity contribution in [1.82, 2.24) is 0 Å². The molecule has 1 atom stereocenters. The van der Waals surface area contributed by atoms with Gasteiger partial charge in [0.25, 0.3) is 0 Å². The minimum absolute atomic E-state index is 0.0912. The molecule has 0 saturated carbocycles. The lowest BCUT2D eigenvalue weighted by molar-refractivity contribution is -0.126. The summed E-state index contributed by atoms with van der Waals surface area (Å²) in [5.74, 6) is -0.259. The number of aryl methyl sites for hydroxylation is 1. The Balaban J connectivity index is 2.52. The van der Waals surface area contributed by atoms with E-state index in [0.717, 1.165) is 5.56 Å². The van der Waals surface area contributed by atoms with E-state index in [1.54, 1.807) is 12.1 Å². The molecule has 0 bridgehead atoms. The number of nitrogen functional groups attached to an aromatic ring is 1. The number of hydrogen-bond acceptors (Lipinski definition) is 3. The number of anilines is 2. The standard InChI is InChI=1S/C15H19ClN2O2/c1-8(2)15(4)7-13(19)18(14(15)20)12-6-10(16)11(17)5-9(12)3/h5-6,8H,7,17H2,1-4H3. The van der Waals surface area contributed by atoms with Gasteiger partial charge in [-0.2, -0.15) is 0 Å². The van der Waals surface area contributed by atoms with E-state index in [0.29, 0.717) is 16.4 Å². The Hall–Kier alpha value is -1.55. The average molecular weight is 295 g/mol. The van der Waals surface area contributed by atoms with Crippen molar-refractivity contribution in [2.75, 3.05) is 10.6 Å². The lowest BCUT2D eigenvalue weighted by Gasteiger charge is -2.26. The Kier molecular flexibility index (Phi) is 3.54. The number of rotatable bonds is 2. The van der Waals surface area contributed by atoms with Gasteiger partial charge in [0.2, 0.25) is 11.8 Å². The molecule has 2 amide bonds. The van der Waals surface area contributed by atoms with Crippen LogP contribution in [0.1, 0.15) is 32.8 Å². The number of benzene rings is 1. The molecule has 1 saturated heterocycles. The first-order valence-corrected chi connectivity index (χ1v) is 6.99. The van der Waals surface area contributed by atoms with E-state index in [4.69, 9.17) is 17.3 Å². The number of amides is 2. The van der Waals surface area contributed by atoms with Crippen molar-refractivity contribution in [3.8, 4) is 0 Å². The van der Waals surface area contributed by atoms with Crippen molar-refractivity contribution < 1.29 is 9.59 Å². The Labute approximate surface area is 123 Å². The van der Waals surface area contributed by atoms with Crippen LogP contribution >= 0.6 is 11.6 Å². The predicted molar refractivity (Wildman–Crippen MR) is 80.7 cm³/mol. The smallest absolute Gasteiger partial charge is 0.240 e. The summed E-state index contributed by atoms with van der Waals surface area (Å²) in [5.41, 5.74) is 6.82. The van der Waals surface area contributed by atoms with E-state index < -0.39 is 5.41 Å². The van der Waals surface area contributed by atoms with Gasteiger partial charge >= 0.3 is 0 Å². The van der Waals surface area contributed by atoms with E-state index in [1.165, 1.54) is 4.90 Å². The fourth-order valence-electron chi connectivity index (χ4n) is 2.47. The van der Waals surface area contributed by atoms with Crippen molar-refractivity contribution in [3.63, 3.8) is 0 Å². The average Bonchev–Trinajstić information content (AvgIpc) is 2.57. The van der Waals surface area contributed by atoms with Gasteiger partial charge in [-0.3, -0.25) is 9.59 Å². The highest BCUT2D eigenvalue weighted by molar-refractivity contribution is 6.34. The molecule has 20 heavy (non-hydrogen) atoms. The van der Waals surface area contributed by atoms with E-state index in [-0.39, 0.29) is 24.2 Å². The summed E-state index contributed by atoms with van der Waals surface area (Å²) < 4.78 is 0. The molecule has 1 unspecified atom stereocenters. The molecule has 2 rings (SSSR count). The van der Waals surface area contributed by atoms with Gasteiger partial charge in [0, 0.05) is 6.42 Å². The third-order valence-electron chi connectivity index (χ3n) is 4.29. The van der Waals surface area contributed by atoms with Crippen molar-refractivity contribution in [1.29, 1.82) is 0 Å². The number of nitrogens with two attached hydrogens (primary N) is 1. The molecular weight excluding hydrogens is 276 g/mol. The molecule has 0 spiro atoms. The second kappa shape index (κ2) is 4.77. The molecule has 2 N–H and O–H groups in total. The van der Waals surface area contributed by atoms with Crippen LogP contribution < -0.4 is 10.6 Å². The molecule has 5 heteroatoms. The maximum Gasteiger partial charge on any atom is 0.240 e. The third-order valence-corrected chi connectivity index (χ3v) is 4.62. The quantitative estimate of drug-likeness (QED) is 0.673. The molecule has 1 fully saturated rings. The summed E-state index contributed by atoms with van der Waals surface area (Å²) >= 11 is 6.02. The zero-order chi connectivity index (χ0) is 15.2. The van der Waals surface area contributed by atoms with Crippen LogP contribution in [0.15, 0.2) is 12.1 Å². The number of imide groups is 1. The van der Waals surface area contributed by atoms with Crippen LogP contribution in [0.3, 0.4) is 0 Å². The molecule has 1 aromatic rings. The largest absolute Gasteiger partial charge is 0.398 e. The molecule has 1 aromatic carbocycles. The van der Waals surface area contributed by atoms with Crippen molar-refractivity contribution in [2.24, 2.45) is 11.3 Å². The van der Waals surface area contributed by atoms with Crippen LogP contribution in [-0.2, 0) is 9.59 Å². The molecule has 1 heterocycles. The molecular formula is C15H19ClN2O2. The minimum atomic E-state index is -0.655. The number of hydrogen-bond donors (Lipinski definition) is 1. The highest BCUT2D eigenvalue weighted by Crippen LogP contribution is 2.42. The van der Waals surface area contributed by atoms with Crippen LogP contribution in [0.4, 0.5) is 11.4 Å². The van der Waals surface area contributed by atoms with Gasteiger partial charge in [-0.1, -0.05) is 25.4 Å². The minimum Gasteiger partial charge on any atom is -0.398 e. The molecule has 1 aliphatic heterocycles. The van der Waals surface area contributed by atoms with Gasteiger partial charge in [0.15, 0.2) is 0 Å². The number of carbonyl (C=O) groups excluding carboxylic acids is 2. The van der Waals surface area contributed by atoms with E-state index in [1.807, 2.05) is 27.7 Å². The van der Waals surface area contributed by atoms with E-state index >= 15 is 0 Å². The van der Waals surface area contributed by atoms with Crippen LogP contribution in [0.2, 0.25) is 5.02 Å². The van der Waals surface area contributed by atoms with Crippen molar-refractivity contribution >= 4 is 34.8 Å². The highest BCUT2D eigenvalue weighted by Gasteiger charge is 2.50. The summed E-state index contributed by atoms with van der Waals surface area (Å²) in [5, 5.41) is 0.351. The van der Waals surface area contributed by atoms with E-state index in [9.17, 15) is 9.59 Å². The van der Waals surface area contributed by atoms with Gasteiger partial charge in [-0.25, -0.2) is 4.90 Å². The third kappa shape index (κ3) is 2.08. The Morgan fingerprint density at radius 3 is 2.45 bits per heavy atom. The monoisotopic (exact) mass is 294 g/mol. The van der Waals surface area contributed by atoms with Gasteiger partial charge in [0.1, 0.15) is 0 Å². The lowest BCUT2D eigenvalue weighted by atomic mass is 9.78. The van der Waals surface area contributed by atoms with Crippen LogP contribution in [-0.4, -0.2) is 11.8 Å². The molecule has 0 radical (unpaired) electrons. The first-order valence-electron chi connectivity index (χ1n) is 6.61. The van der Waals surface area contributed by atoms with Crippen LogP contribution in [0.25, 0.3) is 0 Å². The van der Waals surface area contributed by atoms with Gasteiger partial charge in [-0.15, -0.1) is 0 Å². The van der Waals surface area contributed by atoms with E-state index in [2.05, 4.69) is 0 Å². The fourth-order valence-corrected chi connectivity index (χ4v) is 2.62. The second-order valence-corrected chi connectivity index (χ2v) is 6.35. The molecule has 4 nitrogen and oxygen atoms in total. The molecule has 1 aliphatic rings. The highest BCUT2D eigenvalue weighted by atomic mass is 35.5. The summed E-state index contributed by atoms with van der Waals surface area (Å²) in [4.78, 5) is 26.2. The van der Waals surface area contributed by atoms with Gasteiger partial charge < -0.3 is 5.73 Å². The topological polar surface area (TPSA) is 63.4 Å². The number of halogens is 1. The summed E-state index contributed by atoms with van der Waals surface area (Å²) in [7, 11) is 0. The SMILES string of the molecule is Cc1cc(N)c(Cl)cc1N1C(=O)CC(C)(C(C)C)C1=O.